The third-order valence-corrected chi connectivity index (χ3v) is 4.60. The highest BCUT2D eigenvalue weighted by atomic mass is 19.1. The average molecular weight is 367 g/mol. The monoisotopic (exact) mass is 367 g/mol. The lowest BCUT2D eigenvalue weighted by Gasteiger charge is -2.29. The molecule has 6 nitrogen and oxygen atoms in total. The minimum absolute atomic E-state index is 0.252. The molecule has 1 saturated heterocycles. The molecule has 7 heteroatoms. The van der Waals surface area contributed by atoms with Crippen LogP contribution in [-0.2, 0) is 17.8 Å². The predicted molar refractivity (Wildman–Crippen MR) is 101 cm³/mol. The van der Waals surface area contributed by atoms with Gasteiger partial charge in [0.25, 0.3) is 0 Å². The predicted octanol–water partition coefficient (Wildman–Crippen LogP) is 2.53. The number of aromatic nitrogens is 3. The Labute approximate surface area is 157 Å². The maximum absolute atomic E-state index is 13.8. The molecular weight excluding hydrogens is 345 g/mol. The van der Waals surface area contributed by atoms with Crippen molar-refractivity contribution in [1.29, 1.82) is 0 Å². The number of halogens is 1. The fraction of sp³-hybridized carbons (Fsp3) is 0.300. The van der Waals surface area contributed by atoms with Gasteiger partial charge in [-0.1, -0.05) is 6.07 Å². The third kappa shape index (κ3) is 4.15. The number of hydrogen-bond acceptors (Lipinski definition) is 5. The van der Waals surface area contributed by atoms with Gasteiger partial charge in [0.1, 0.15) is 11.6 Å². The van der Waals surface area contributed by atoms with Gasteiger partial charge in [0.15, 0.2) is 0 Å². The average Bonchev–Trinajstić information content (AvgIpc) is 3.24. The number of benzene rings is 1. The summed E-state index contributed by atoms with van der Waals surface area (Å²) in [5, 5.41) is 7.68. The van der Waals surface area contributed by atoms with Crippen molar-refractivity contribution in [3.8, 4) is 5.69 Å². The number of anilines is 1. The minimum Gasteiger partial charge on any atom is -0.378 e. The Balaban J connectivity index is 1.47. The molecule has 0 atom stereocenters. The van der Waals surface area contributed by atoms with E-state index < -0.39 is 0 Å². The number of nitrogens with one attached hydrogen (secondary N) is 1. The van der Waals surface area contributed by atoms with Crippen LogP contribution in [0.4, 0.5) is 10.2 Å². The molecule has 3 heterocycles. The van der Waals surface area contributed by atoms with Gasteiger partial charge in [-0.3, -0.25) is 0 Å². The zero-order valence-electron chi connectivity index (χ0n) is 15.0. The zero-order valence-corrected chi connectivity index (χ0v) is 15.0. The Morgan fingerprint density at radius 2 is 1.89 bits per heavy atom. The standard InChI is InChI=1S/C20H22FN5O/c21-18-4-5-19(26-8-2-7-24-26)17(13-18)15-22-14-16-3-1-6-23-20(16)25-9-11-27-12-10-25/h1-8,13,22H,9-12,14-15H2. The molecule has 0 unspecified atom stereocenters. The number of morpholine rings is 1. The lowest BCUT2D eigenvalue weighted by atomic mass is 10.1. The van der Waals surface area contributed by atoms with Crippen molar-refractivity contribution >= 4 is 5.82 Å². The Kier molecular flexibility index (Phi) is 5.41. The number of hydrogen-bond donors (Lipinski definition) is 1. The Hall–Kier alpha value is -2.77. The summed E-state index contributed by atoms with van der Waals surface area (Å²) in [5.41, 5.74) is 2.85. The van der Waals surface area contributed by atoms with Gasteiger partial charge in [-0.15, -0.1) is 0 Å². The lowest BCUT2D eigenvalue weighted by Crippen LogP contribution is -2.37. The van der Waals surface area contributed by atoms with Crippen LogP contribution in [0.1, 0.15) is 11.1 Å². The van der Waals surface area contributed by atoms with Crippen LogP contribution in [0.5, 0.6) is 0 Å². The van der Waals surface area contributed by atoms with Gasteiger partial charge < -0.3 is 15.0 Å². The van der Waals surface area contributed by atoms with Crippen molar-refractivity contribution in [2.45, 2.75) is 13.1 Å². The van der Waals surface area contributed by atoms with Crippen molar-refractivity contribution in [2.75, 3.05) is 31.2 Å². The second-order valence-corrected chi connectivity index (χ2v) is 6.41. The topological polar surface area (TPSA) is 55.2 Å². The summed E-state index contributed by atoms with van der Waals surface area (Å²) in [7, 11) is 0. The van der Waals surface area contributed by atoms with Crippen molar-refractivity contribution in [3.63, 3.8) is 0 Å². The van der Waals surface area contributed by atoms with Crippen LogP contribution in [0, 0.1) is 5.82 Å². The first-order valence-corrected chi connectivity index (χ1v) is 9.07. The second-order valence-electron chi connectivity index (χ2n) is 6.41. The van der Waals surface area contributed by atoms with Crippen LogP contribution < -0.4 is 10.2 Å². The number of nitrogens with zero attached hydrogens (tertiary/aromatic N) is 4. The summed E-state index contributed by atoms with van der Waals surface area (Å²) in [6.07, 6.45) is 5.38. The van der Waals surface area contributed by atoms with E-state index in [1.807, 2.05) is 24.5 Å². The van der Waals surface area contributed by atoms with Gasteiger partial charge >= 0.3 is 0 Å². The van der Waals surface area contributed by atoms with E-state index in [9.17, 15) is 4.39 Å². The van der Waals surface area contributed by atoms with Crippen LogP contribution in [-0.4, -0.2) is 41.1 Å². The summed E-state index contributed by atoms with van der Waals surface area (Å²) in [6, 6.07) is 10.6. The van der Waals surface area contributed by atoms with Gasteiger partial charge in [-0.05, 0) is 35.9 Å². The van der Waals surface area contributed by atoms with Crippen LogP contribution in [0.2, 0.25) is 0 Å². The van der Waals surface area contributed by atoms with Crippen molar-refractivity contribution < 1.29 is 9.13 Å². The first-order chi connectivity index (χ1) is 13.3. The molecule has 0 saturated carbocycles. The fourth-order valence-electron chi connectivity index (χ4n) is 3.29. The summed E-state index contributed by atoms with van der Waals surface area (Å²) in [5.74, 6) is 0.734. The number of rotatable bonds is 6. The quantitative estimate of drug-likeness (QED) is 0.726. The first kappa shape index (κ1) is 17.6. The second kappa shape index (κ2) is 8.28. The van der Waals surface area contributed by atoms with E-state index >= 15 is 0 Å². The fourth-order valence-corrected chi connectivity index (χ4v) is 3.29. The molecule has 3 aromatic rings. The molecule has 0 spiro atoms. The van der Waals surface area contributed by atoms with E-state index in [-0.39, 0.29) is 5.82 Å². The van der Waals surface area contributed by atoms with Crippen molar-refractivity contribution in [3.05, 3.63) is 71.9 Å². The van der Waals surface area contributed by atoms with Gasteiger partial charge in [0, 0.05) is 50.3 Å². The number of pyridine rings is 1. The Morgan fingerprint density at radius 3 is 2.70 bits per heavy atom. The van der Waals surface area contributed by atoms with Gasteiger partial charge in [0.2, 0.25) is 0 Å². The zero-order chi connectivity index (χ0) is 18.5. The van der Waals surface area contributed by atoms with E-state index in [0.29, 0.717) is 13.1 Å². The highest BCUT2D eigenvalue weighted by Gasteiger charge is 2.15. The molecule has 2 aromatic heterocycles. The first-order valence-electron chi connectivity index (χ1n) is 9.07. The molecule has 1 fully saturated rings. The molecule has 140 valence electrons. The van der Waals surface area contributed by atoms with Crippen LogP contribution in [0.25, 0.3) is 5.69 Å². The molecule has 4 rings (SSSR count). The molecule has 1 aliphatic rings. The van der Waals surface area contributed by atoms with Crippen molar-refractivity contribution in [1.82, 2.24) is 20.1 Å². The molecule has 0 amide bonds. The summed E-state index contributed by atoms with van der Waals surface area (Å²) < 4.78 is 20.9. The van der Waals surface area contributed by atoms with E-state index in [1.165, 1.54) is 6.07 Å². The SMILES string of the molecule is Fc1ccc(-n2cccn2)c(CNCc2cccnc2N2CCOCC2)c1. The summed E-state index contributed by atoms with van der Waals surface area (Å²) >= 11 is 0. The minimum atomic E-state index is -0.252. The normalized spacial score (nSPS) is 14.5. The van der Waals surface area contributed by atoms with Crippen LogP contribution >= 0.6 is 0 Å². The van der Waals surface area contributed by atoms with Crippen LogP contribution in [0.3, 0.4) is 0 Å². The molecule has 1 N–H and O–H groups in total. The molecule has 27 heavy (non-hydrogen) atoms. The highest BCUT2D eigenvalue weighted by molar-refractivity contribution is 5.47. The van der Waals surface area contributed by atoms with Crippen molar-refractivity contribution in [2.24, 2.45) is 0 Å². The molecule has 0 radical (unpaired) electrons. The van der Waals surface area contributed by atoms with E-state index in [2.05, 4.69) is 26.4 Å². The lowest BCUT2D eigenvalue weighted by molar-refractivity contribution is 0.122. The molecular formula is C20H22FN5O. The van der Waals surface area contributed by atoms with Gasteiger partial charge in [-0.2, -0.15) is 5.10 Å². The molecule has 0 bridgehead atoms. The van der Waals surface area contributed by atoms with Gasteiger partial charge in [0.05, 0.1) is 18.9 Å². The van der Waals surface area contributed by atoms with E-state index in [0.717, 1.165) is 48.9 Å². The smallest absolute Gasteiger partial charge is 0.133 e. The molecule has 1 aromatic carbocycles. The number of ether oxygens (including phenoxy) is 1. The molecule has 0 aliphatic carbocycles. The largest absolute Gasteiger partial charge is 0.378 e. The summed E-state index contributed by atoms with van der Waals surface area (Å²) in [4.78, 5) is 6.80. The molecule has 1 aliphatic heterocycles. The highest BCUT2D eigenvalue weighted by Crippen LogP contribution is 2.19. The Bertz CT molecular complexity index is 878. The van der Waals surface area contributed by atoms with E-state index in [1.54, 1.807) is 23.0 Å². The summed E-state index contributed by atoms with van der Waals surface area (Å²) in [6.45, 7) is 4.31. The third-order valence-electron chi connectivity index (χ3n) is 4.60. The van der Waals surface area contributed by atoms with Crippen LogP contribution in [0.15, 0.2) is 55.0 Å². The van der Waals surface area contributed by atoms with E-state index in [4.69, 9.17) is 4.74 Å². The maximum Gasteiger partial charge on any atom is 0.133 e. The maximum atomic E-state index is 13.8. The Morgan fingerprint density at radius 1 is 1.04 bits per heavy atom. The van der Waals surface area contributed by atoms with Gasteiger partial charge in [-0.25, -0.2) is 14.1 Å².